The molecule has 0 unspecified atom stereocenters. The van der Waals surface area contributed by atoms with E-state index in [4.69, 9.17) is 4.42 Å². The van der Waals surface area contributed by atoms with Gasteiger partial charge in [-0.05, 0) is 39.0 Å². The van der Waals surface area contributed by atoms with Crippen LogP contribution in [-0.4, -0.2) is 47.9 Å². The molecule has 122 valence electrons. The number of likely N-dealkylation sites (N-methyl/N-ethyl adjacent to an activating group) is 1. The van der Waals surface area contributed by atoms with Crippen molar-refractivity contribution in [3.05, 3.63) is 23.2 Å². The molecule has 1 aromatic heterocycles. The van der Waals surface area contributed by atoms with Crippen LogP contribution in [0.25, 0.3) is 0 Å². The van der Waals surface area contributed by atoms with Gasteiger partial charge in [0.2, 0.25) is 5.91 Å². The number of thioether (sulfide) groups is 1. The zero-order chi connectivity index (χ0) is 16.3. The molecule has 22 heavy (non-hydrogen) atoms. The minimum atomic E-state index is -0.260. The van der Waals surface area contributed by atoms with E-state index in [1.807, 2.05) is 18.8 Å². The average Bonchev–Trinajstić information content (AvgIpc) is 3.09. The monoisotopic (exact) mass is 324 g/mol. The summed E-state index contributed by atoms with van der Waals surface area (Å²) in [6, 6.07) is 1.97. The summed E-state index contributed by atoms with van der Waals surface area (Å²) in [5, 5.41) is 3.20. The molecule has 0 aromatic carbocycles. The number of nitrogens with zero attached hydrogens (tertiary/aromatic N) is 1. The highest BCUT2D eigenvalue weighted by Gasteiger charge is 2.32. The lowest BCUT2D eigenvalue weighted by Gasteiger charge is -2.29. The lowest BCUT2D eigenvalue weighted by molar-refractivity contribution is -0.130. The fraction of sp³-hybridized carbons (Fsp3) is 0.625. The van der Waals surface area contributed by atoms with Crippen molar-refractivity contribution >= 4 is 23.6 Å². The van der Waals surface area contributed by atoms with Crippen LogP contribution in [0.3, 0.4) is 0 Å². The number of rotatable bonds is 5. The lowest BCUT2D eigenvalue weighted by atomic mass is 10.2. The zero-order valence-electron chi connectivity index (χ0n) is 13.6. The fourth-order valence-electron chi connectivity index (χ4n) is 3.04. The van der Waals surface area contributed by atoms with Crippen molar-refractivity contribution in [2.75, 3.05) is 19.8 Å². The van der Waals surface area contributed by atoms with E-state index in [0.29, 0.717) is 22.3 Å². The van der Waals surface area contributed by atoms with Crippen LogP contribution in [0.2, 0.25) is 0 Å². The maximum atomic E-state index is 12.3. The number of carbonyl (C=O) groups is 2. The summed E-state index contributed by atoms with van der Waals surface area (Å²) in [7, 11) is 1.83. The first-order valence-electron chi connectivity index (χ1n) is 7.57. The topological polar surface area (TPSA) is 62.6 Å². The summed E-state index contributed by atoms with van der Waals surface area (Å²) >= 11 is 1.82. The van der Waals surface area contributed by atoms with Crippen LogP contribution in [0, 0.1) is 13.8 Å². The number of hydrogen-bond acceptors (Lipinski definition) is 4. The van der Waals surface area contributed by atoms with Crippen LogP contribution in [-0.2, 0) is 4.79 Å². The van der Waals surface area contributed by atoms with Crippen LogP contribution >= 0.6 is 11.8 Å². The highest BCUT2D eigenvalue weighted by atomic mass is 32.2. The minimum Gasteiger partial charge on any atom is -0.466 e. The smallest absolute Gasteiger partial charge is 0.255 e. The lowest BCUT2D eigenvalue weighted by Crippen LogP contribution is -2.45. The van der Waals surface area contributed by atoms with Gasteiger partial charge in [-0.1, -0.05) is 6.42 Å². The Morgan fingerprint density at radius 3 is 2.73 bits per heavy atom. The Bertz CT molecular complexity index is 556. The SMILES string of the molecule is CS[C@@H]1CCC[C@H]1N(C)C(=O)CNC(=O)c1cc(C)oc1C. The van der Waals surface area contributed by atoms with Gasteiger partial charge in [0.05, 0.1) is 12.1 Å². The van der Waals surface area contributed by atoms with Crippen LogP contribution in [0.1, 0.15) is 41.1 Å². The molecule has 1 aromatic rings. The molecule has 2 atom stereocenters. The largest absolute Gasteiger partial charge is 0.466 e. The van der Waals surface area contributed by atoms with Crippen molar-refractivity contribution in [2.45, 2.75) is 44.4 Å². The molecule has 0 bridgehead atoms. The Balaban J connectivity index is 1.89. The first-order chi connectivity index (χ1) is 10.4. The molecular formula is C16H24N2O3S. The van der Waals surface area contributed by atoms with Crippen molar-refractivity contribution in [3.63, 3.8) is 0 Å². The zero-order valence-corrected chi connectivity index (χ0v) is 14.5. The van der Waals surface area contributed by atoms with Gasteiger partial charge in [-0.2, -0.15) is 11.8 Å². The van der Waals surface area contributed by atoms with Gasteiger partial charge in [0, 0.05) is 18.3 Å². The van der Waals surface area contributed by atoms with Crippen LogP contribution in [0.15, 0.2) is 10.5 Å². The number of aryl methyl sites for hydroxylation is 2. The molecule has 1 heterocycles. The van der Waals surface area contributed by atoms with Crippen LogP contribution in [0.5, 0.6) is 0 Å². The Morgan fingerprint density at radius 2 is 2.14 bits per heavy atom. The molecule has 1 fully saturated rings. The van der Waals surface area contributed by atoms with Crippen molar-refractivity contribution in [1.29, 1.82) is 0 Å². The minimum absolute atomic E-state index is 0.0244. The third-order valence-electron chi connectivity index (χ3n) is 4.30. The van der Waals surface area contributed by atoms with Crippen molar-refractivity contribution in [2.24, 2.45) is 0 Å². The van der Waals surface area contributed by atoms with E-state index in [9.17, 15) is 9.59 Å². The summed E-state index contributed by atoms with van der Waals surface area (Å²) < 4.78 is 5.34. The number of furan rings is 1. The second-order valence-electron chi connectivity index (χ2n) is 5.79. The second kappa shape index (κ2) is 7.22. The maximum absolute atomic E-state index is 12.3. The fourth-order valence-corrected chi connectivity index (χ4v) is 4.08. The first kappa shape index (κ1) is 16.9. The Labute approximate surface area is 135 Å². The summed E-state index contributed by atoms with van der Waals surface area (Å²) in [4.78, 5) is 26.2. The number of hydrogen-bond donors (Lipinski definition) is 1. The van der Waals surface area contributed by atoms with E-state index in [1.165, 1.54) is 0 Å². The summed E-state index contributed by atoms with van der Waals surface area (Å²) in [6.45, 7) is 3.57. The third kappa shape index (κ3) is 3.66. The van der Waals surface area contributed by atoms with Crippen molar-refractivity contribution < 1.29 is 14.0 Å². The normalized spacial score (nSPS) is 20.9. The van der Waals surface area contributed by atoms with Gasteiger partial charge in [-0.3, -0.25) is 9.59 Å². The van der Waals surface area contributed by atoms with E-state index < -0.39 is 0 Å². The summed E-state index contributed by atoms with van der Waals surface area (Å²) in [6.07, 6.45) is 5.45. The quantitative estimate of drug-likeness (QED) is 0.903. The highest BCUT2D eigenvalue weighted by Crippen LogP contribution is 2.31. The molecule has 0 spiro atoms. The number of nitrogens with one attached hydrogen (secondary N) is 1. The Kier molecular flexibility index (Phi) is 5.56. The summed E-state index contributed by atoms with van der Waals surface area (Å²) in [5.41, 5.74) is 0.496. The molecule has 2 amide bonds. The van der Waals surface area contributed by atoms with E-state index in [0.717, 1.165) is 19.3 Å². The van der Waals surface area contributed by atoms with E-state index >= 15 is 0 Å². The average molecular weight is 324 g/mol. The molecule has 1 aliphatic carbocycles. The van der Waals surface area contributed by atoms with Gasteiger partial charge in [0.1, 0.15) is 11.5 Å². The van der Waals surface area contributed by atoms with Gasteiger partial charge >= 0.3 is 0 Å². The van der Waals surface area contributed by atoms with E-state index in [1.54, 1.807) is 24.8 Å². The van der Waals surface area contributed by atoms with Crippen molar-refractivity contribution in [3.8, 4) is 0 Å². The second-order valence-corrected chi connectivity index (χ2v) is 6.86. The number of amides is 2. The van der Waals surface area contributed by atoms with Crippen molar-refractivity contribution in [1.82, 2.24) is 10.2 Å². The van der Waals surface area contributed by atoms with Gasteiger partial charge < -0.3 is 14.6 Å². The number of carbonyl (C=O) groups excluding carboxylic acids is 2. The molecule has 1 saturated carbocycles. The third-order valence-corrected chi connectivity index (χ3v) is 5.45. The maximum Gasteiger partial charge on any atom is 0.255 e. The molecule has 0 aliphatic heterocycles. The predicted octanol–water partition coefficient (Wildman–Crippen LogP) is 2.37. The van der Waals surface area contributed by atoms with Gasteiger partial charge in [0.25, 0.3) is 5.91 Å². The Morgan fingerprint density at radius 1 is 1.41 bits per heavy atom. The standard InChI is InChI=1S/C16H24N2O3S/c1-10-8-12(11(2)21-10)16(20)17-9-15(19)18(3)13-6-5-7-14(13)22-4/h8,13-14H,5-7,9H2,1-4H3,(H,17,20)/t13-,14-/m1/s1. The molecule has 1 N–H and O–H groups in total. The highest BCUT2D eigenvalue weighted by molar-refractivity contribution is 7.99. The molecule has 5 nitrogen and oxygen atoms in total. The molecule has 6 heteroatoms. The van der Waals surface area contributed by atoms with Gasteiger partial charge in [-0.25, -0.2) is 0 Å². The van der Waals surface area contributed by atoms with E-state index in [2.05, 4.69) is 11.6 Å². The van der Waals surface area contributed by atoms with Crippen LogP contribution < -0.4 is 5.32 Å². The Hall–Kier alpha value is -1.43. The molecular weight excluding hydrogens is 300 g/mol. The summed E-state index contributed by atoms with van der Waals surface area (Å²) in [5.74, 6) is 0.968. The van der Waals surface area contributed by atoms with Gasteiger partial charge in [0.15, 0.2) is 0 Å². The predicted molar refractivity (Wildman–Crippen MR) is 88.2 cm³/mol. The van der Waals surface area contributed by atoms with Crippen LogP contribution in [0.4, 0.5) is 0 Å². The molecule has 2 rings (SSSR count). The molecule has 0 saturated heterocycles. The van der Waals surface area contributed by atoms with Gasteiger partial charge in [-0.15, -0.1) is 0 Å². The van der Waals surface area contributed by atoms with E-state index in [-0.39, 0.29) is 24.4 Å². The first-order valence-corrected chi connectivity index (χ1v) is 8.86. The molecule has 1 aliphatic rings. The molecule has 0 radical (unpaired) electrons.